The lowest BCUT2D eigenvalue weighted by atomic mass is 10.1. The Morgan fingerprint density at radius 1 is 1.33 bits per heavy atom. The Labute approximate surface area is 105 Å². The highest BCUT2D eigenvalue weighted by Gasteiger charge is 2.16. The largest absolute Gasteiger partial charge is 0.395 e. The molecule has 0 bridgehead atoms. The number of aromatic nitrogens is 2. The number of H-pyrrole nitrogens is 1. The predicted octanol–water partition coefficient (Wildman–Crippen LogP) is 2.17. The standard InChI is InChI=1S/C13H16N4O/c1-7-4-5-8(2)10(6-7)15-13(18)12-11(14)9(3)16-17-12/h4-6H,14H2,1-3H3,(H,15,18)(H,16,17). The second kappa shape index (κ2) is 4.52. The Balaban J connectivity index is 2.27. The van der Waals surface area contributed by atoms with Crippen molar-refractivity contribution in [1.29, 1.82) is 0 Å². The van der Waals surface area contributed by atoms with Crippen molar-refractivity contribution in [2.24, 2.45) is 0 Å². The summed E-state index contributed by atoms with van der Waals surface area (Å²) in [4.78, 5) is 12.0. The minimum absolute atomic E-state index is 0.230. The highest BCUT2D eigenvalue weighted by molar-refractivity contribution is 6.06. The molecule has 0 fully saturated rings. The SMILES string of the molecule is Cc1ccc(C)c(NC(=O)c2n[nH]c(C)c2N)c1. The molecule has 0 aliphatic carbocycles. The summed E-state index contributed by atoms with van der Waals surface area (Å²) in [6, 6.07) is 5.88. The van der Waals surface area contributed by atoms with Gasteiger partial charge in [-0.1, -0.05) is 12.1 Å². The Morgan fingerprint density at radius 2 is 2.06 bits per heavy atom. The van der Waals surface area contributed by atoms with Crippen LogP contribution in [0.2, 0.25) is 0 Å². The van der Waals surface area contributed by atoms with Gasteiger partial charge in [0.05, 0.1) is 11.4 Å². The first-order chi connectivity index (χ1) is 8.49. The van der Waals surface area contributed by atoms with Crippen LogP contribution < -0.4 is 11.1 Å². The van der Waals surface area contributed by atoms with Crippen LogP contribution in [0.15, 0.2) is 18.2 Å². The number of hydrogen-bond donors (Lipinski definition) is 3. The Hall–Kier alpha value is -2.30. The summed E-state index contributed by atoms with van der Waals surface area (Å²) in [6.07, 6.45) is 0. The molecule has 4 N–H and O–H groups in total. The minimum atomic E-state index is -0.300. The summed E-state index contributed by atoms with van der Waals surface area (Å²) in [7, 11) is 0. The third-order valence-corrected chi connectivity index (χ3v) is 2.85. The summed E-state index contributed by atoms with van der Waals surface area (Å²) < 4.78 is 0. The zero-order chi connectivity index (χ0) is 13.3. The van der Waals surface area contributed by atoms with E-state index in [0.29, 0.717) is 11.4 Å². The van der Waals surface area contributed by atoms with E-state index in [2.05, 4.69) is 15.5 Å². The number of benzene rings is 1. The maximum atomic E-state index is 12.0. The van der Waals surface area contributed by atoms with Crippen LogP contribution in [0.1, 0.15) is 27.3 Å². The van der Waals surface area contributed by atoms with E-state index >= 15 is 0 Å². The van der Waals surface area contributed by atoms with E-state index in [1.54, 1.807) is 6.92 Å². The molecule has 0 unspecified atom stereocenters. The summed E-state index contributed by atoms with van der Waals surface area (Å²) >= 11 is 0. The summed E-state index contributed by atoms with van der Waals surface area (Å²) in [5.41, 5.74) is 9.95. The molecule has 1 heterocycles. The molecule has 0 aliphatic rings. The number of aryl methyl sites for hydroxylation is 3. The fraction of sp³-hybridized carbons (Fsp3) is 0.231. The Morgan fingerprint density at radius 3 is 2.67 bits per heavy atom. The van der Waals surface area contributed by atoms with Crippen molar-refractivity contribution >= 4 is 17.3 Å². The van der Waals surface area contributed by atoms with Gasteiger partial charge in [-0.05, 0) is 38.0 Å². The third kappa shape index (κ3) is 2.20. The lowest BCUT2D eigenvalue weighted by Gasteiger charge is -2.08. The van der Waals surface area contributed by atoms with E-state index in [1.807, 2.05) is 32.0 Å². The highest BCUT2D eigenvalue weighted by atomic mass is 16.2. The van der Waals surface area contributed by atoms with Gasteiger partial charge in [0.15, 0.2) is 5.69 Å². The maximum Gasteiger partial charge on any atom is 0.278 e. The normalized spacial score (nSPS) is 10.4. The fourth-order valence-electron chi connectivity index (χ4n) is 1.66. The molecular weight excluding hydrogens is 228 g/mol. The number of carbonyl (C=O) groups excluding carboxylic acids is 1. The van der Waals surface area contributed by atoms with Gasteiger partial charge < -0.3 is 11.1 Å². The van der Waals surface area contributed by atoms with Gasteiger partial charge in [0.1, 0.15) is 0 Å². The van der Waals surface area contributed by atoms with Crippen LogP contribution in [0, 0.1) is 20.8 Å². The molecule has 1 aromatic heterocycles. The molecule has 0 spiro atoms. The van der Waals surface area contributed by atoms with E-state index in [9.17, 15) is 4.79 Å². The van der Waals surface area contributed by atoms with Crippen LogP contribution in [-0.4, -0.2) is 16.1 Å². The maximum absolute atomic E-state index is 12.0. The molecule has 5 nitrogen and oxygen atoms in total. The molecule has 0 atom stereocenters. The molecule has 5 heteroatoms. The number of nitrogens with zero attached hydrogens (tertiary/aromatic N) is 1. The van der Waals surface area contributed by atoms with Crippen molar-refractivity contribution < 1.29 is 4.79 Å². The Bertz CT molecular complexity index is 601. The number of nitrogen functional groups attached to an aromatic ring is 1. The van der Waals surface area contributed by atoms with Crippen molar-refractivity contribution in [1.82, 2.24) is 10.2 Å². The molecule has 18 heavy (non-hydrogen) atoms. The van der Waals surface area contributed by atoms with E-state index in [0.717, 1.165) is 16.8 Å². The van der Waals surface area contributed by atoms with Gasteiger partial charge >= 0.3 is 0 Å². The first-order valence-electron chi connectivity index (χ1n) is 5.68. The van der Waals surface area contributed by atoms with Crippen LogP contribution in [0.4, 0.5) is 11.4 Å². The summed E-state index contributed by atoms with van der Waals surface area (Å²) in [5, 5.41) is 9.42. The van der Waals surface area contributed by atoms with Crippen molar-refractivity contribution in [2.75, 3.05) is 11.1 Å². The first-order valence-corrected chi connectivity index (χ1v) is 5.68. The van der Waals surface area contributed by atoms with Gasteiger partial charge in [-0.25, -0.2) is 0 Å². The predicted molar refractivity (Wildman–Crippen MR) is 71.6 cm³/mol. The number of amides is 1. The zero-order valence-electron chi connectivity index (χ0n) is 10.7. The number of nitrogens with one attached hydrogen (secondary N) is 2. The topological polar surface area (TPSA) is 83.8 Å². The third-order valence-electron chi connectivity index (χ3n) is 2.85. The molecule has 2 aromatic rings. The molecule has 0 saturated carbocycles. The van der Waals surface area contributed by atoms with Crippen LogP contribution in [0.25, 0.3) is 0 Å². The fourth-order valence-corrected chi connectivity index (χ4v) is 1.66. The minimum Gasteiger partial charge on any atom is -0.395 e. The first kappa shape index (κ1) is 12.2. The number of hydrogen-bond acceptors (Lipinski definition) is 3. The lowest BCUT2D eigenvalue weighted by Crippen LogP contribution is -2.15. The number of anilines is 2. The van der Waals surface area contributed by atoms with Gasteiger partial charge in [-0.2, -0.15) is 5.10 Å². The lowest BCUT2D eigenvalue weighted by molar-refractivity contribution is 0.102. The van der Waals surface area contributed by atoms with Gasteiger partial charge in [-0.3, -0.25) is 9.89 Å². The van der Waals surface area contributed by atoms with Gasteiger partial charge in [-0.15, -0.1) is 0 Å². The van der Waals surface area contributed by atoms with Crippen LogP contribution in [-0.2, 0) is 0 Å². The van der Waals surface area contributed by atoms with Crippen molar-refractivity contribution in [3.63, 3.8) is 0 Å². The van der Waals surface area contributed by atoms with E-state index in [1.165, 1.54) is 0 Å². The summed E-state index contributed by atoms with van der Waals surface area (Å²) in [6.45, 7) is 5.69. The number of nitrogens with two attached hydrogens (primary N) is 1. The molecule has 1 amide bonds. The van der Waals surface area contributed by atoms with Crippen LogP contribution in [0.5, 0.6) is 0 Å². The monoisotopic (exact) mass is 244 g/mol. The molecule has 2 rings (SSSR count). The molecule has 1 aromatic carbocycles. The molecule has 94 valence electrons. The second-order valence-electron chi connectivity index (χ2n) is 4.38. The second-order valence-corrected chi connectivity index (χ2v) is 4.38. The quantitative estimate of drug-likeness (QED) is 0.757. The van der Waals surface area contributed by atoms with Gasteiger partial charge in [0.2, 0.25) is 0 Å². The molecule has 0 saturated heterocycles. The molecule has 0 radical (unpaired) electrons. The molecular formula is C13H16N4O. The van der Waals surface area contributed by atoms with E-state index in [4.69, 9.17) is 5.73 Å². The average molecular weight is 244 g/mol. The van der Waals surface area contributed by atoms with Gasteiger partial charge in [0, 0.05) is 5.69 Å². The van der Waals surface area contributed by atoms with Crippen LogP contribution in [0.3, 0.4) is 0 Å². The number of carbonyl (C=O) groups is 1. The van der Waals surface area contributed by atoms with Crippen molar-refractivity contribution in [3.05, 3.63) is 40.7 Å². The number of rotatable bonds is 2. The van der Waals surface area contributed by atoms with E-state index in [-0.39, 0.29) is 11.6 Å². The van der Waals surface area contributed by atoms with E-state index < -0.39 is 0 Å². The van der Waals surface area contributed by atoms with Crippen LogP contribution >= 0.6 is 0 Å². The zero-order valence-corrected chi connectivity index (χ0v) is 10.7. The van der Waals surface area contributed by atoms with Crippen molar-refractivity contribution in [3.8, 4) is 0 Å². The smallest absolute Gasteiger partial charge is 0.278 e. The van der Waals surface area contributed by atoms with Gasteiger partial charge in [0.25, 0.3) is 5.91 Å². The molecule has 0 aliphatic heterocycles. The summed E-state index contributed by atoms with van der Waals surface area (Å²) in [5.74, 6) is -0.300. The van der Waals surface area contributed by atoms with Crippen molar-refractivity contribution in [2.45, 2.75) is 20.8 Å². The number of aromatic amines is 1. The highest BCUT2D eigenvalue weighted by Crippen LogP contribution is 2.19. The average Bonchev–Trinajstić information content (AvgIpc) is 2.65. The Kier molecular flexibility index (Phi) is 3.06.